The normalized spacial score (nSPS) is 10.6. The molecular formula is C10H13BrN2O3. The molecule has 0 amide bonds. The van der Waals surface area contributed by atoms with E-state index in [1.54, 1.807) is 20.8 Å². The van der Waals surface area contributed by atoms with E-state index in [0.717, 1.165) is 0 Å². The molecule has 1 rings (SSSR count). The maximum Gasteiger partial charge on any atom is 0.326 e. The standard InChI is InChI=1S/C10H13BrN2O3/c1-6(2)16-8(14)4-13-5-12-7(3)9(11)10(13)15/h5-6H,4H2,1-3H3. The predicted molar refractivity (Wildman–Crippen MR) is 62.2 cm³/mol. The summed E-state index contributed by atoms with van der Waals surface area (Å²) in [6.07, 6.45) is 1.15. The van der Waals surface area contributed by atoms with Crippen molar-refractivity contribution < 1.29 is 9.53 Å². The summed E-state index contributed by atoms with van der Waals surface area (Å²) in [5.74, 6) is -0.449. The van der Waals surface area contributed by atoms with Crippen molar-refractivity contribution in [3.8, 4) is 0 Å². The van der Waals surface area contributed by atoms with Gasteiger partial charge in [0.25, 0.3) is 5.56 Å². The fraction of sp³-hybridized carbons (Fsp3) is 0.500. The van der Waals surface area contributed by atoms with Gasteiger partial charge in [0.2, 0.25) is 0 Å². The van der Waals surface area contributed by atoms with Gasteiger partial charge in [0.05, 0.1) is 18.1 Å². The number of hydrogen-bond acceptors (Lipinski definition) is 4. The smallest absolute Gasteiger partial charge is 0.326 e. The SMILES string of the molecule is Cc1ncn(CC(=O)OC(C)C)c(=O)c1Br. The second-order valence-corrected chi connectivity index (χ2v) is 4.41. The molecule has 0 aliphatic rings. The van der Waals surface area contributed by atoms with E-state index in [-0.39, 0.29) is 18.2 Å². The molecule has 16 heavy (non-hydrogen) atoms. The van der Waals surface area contributed by atoms with Gasteiger partial charge in [-0.25, -0.2) is 4.98 Å². The van der Waals surface area contributed by atoms with Crippen LogP contribution in [0.1, 0.15) is 19.5 Å². The summed E-state index contributed by atoms with van der Waals surface area (Å²) >= 11 is 3.12. The number of rotatable bonds is 3. The molecule has 0 N–H and O–H groups in total. The molecule has 1 heterocycles. The van der Waals surface area contributed by atoms with Crippen molar-refractivity contribution in [1.29, 1.82) is 0 Å². The highest BCUT2D eigenvalue weighted by Crippen LogP contribution is 2.06. The van der Waals surface area contributed by atoms with Gasteiger partial charge in [-0.1, -0.05) is 0 Å². The van der Waals surface area contributed by atoms with E-state index in [4.69, 9.17) is 4.74 Å². The number of ether oxygens (including phenoxy) is 1. The van der Waals surface area contributed by atoms with E-state index >= 15 is 0 Å². The molecule has 0 aliphatic heterocycles. The van der Waals surface area contributed by atoms with Gasteiger partial charge in [-0.05, 0) is 36.7 Å². The van der Waals surface area contributed by atoms with Gasteiger partial charge >= 0.3 is 5.97 Å². The molecule has 0 radical (unpaired) electrons. The van der Waals surface area contributed by atoms with Crippen molar-refractivity contribution in [2.24, 2.45) is 0 Å². The van der Waals surface area contributed by atoms with Gasteiger partial charge in [-0.2, -0.15) is 0 Å². The lowest BCUT2D eigenvalue weighted by molar-refractivity contribution is -0.148. The number of aryl methyl sites for hydroxylation is 1. The van der Waals surface area contributed by atoms with Crippen LogP contribution in [0.5, 0.6) is 0 Å². The summed E-state index contributed by atoms with van der Waals surface area (Å²) in [6.45, 7) is 5.10. The number of aromatic nitrogens is 2. The Bertz CT molecular complexity index is 454. The Morgan fingerprint density at radius 3 is 2.81 bits per heavy atom. The van der Waals surface area contributed by atoms with Crippen LogP contribution >= 0.6 is 15.9 Å². The van der Waals surface area contributed by atoms with Crippen molar-refractivity contribution in [1.82, 2.24) is 9.55 Å². The van der Waals surface area contributed by atoms with E-state index in [2.05, 4.69) is 20.9 Å². The quantitative estimate of drug-likeness (QED) is 0.786. The van der Waals surface area contributed by atoms with Crippen molar-refractivity contribution >= 4 is 21.9 Å². The fourth-order valence-electron chi connectivity index (χ4n) is 1.10. The molecule has 0 atom stereocenters. The summed E-state index contributed by atoms with van der Waals surface area (Å²) < 4.78 is 6.52. The zero-order valence-corrected chi connectivity index (χ0v) is 10.9. The van der Waals surface area contributed by atoms with E-state index in [1.165, 1.54) is 10.9 Å². The number of halogens is 1. The molecule has 0 saturated carbocycles. The van der Waals surface area contributed by atoms with Crippen LogP contribution in [0.15, 0.2) is 15.6 Å². The average Bonchev–Trinajstić information content (AvgIpc) is 2.18. The Balaban J connectivity index is 2.87. The summed E-state index contributed by atoms with van der Waals surface area (Å²) in [4.78, 5) is 27.0. The molecule has 5 nitrogen and oxygen atoms in total. The Morgan fingerprint density at radius 1 is 1.62 bits per heavy atom. The van der Waals surface area contributed by atoms with Crippen molar-refractivity contribution in [3.05, 3.63) is 26.8 Å². The summed E-state index contributed by atoms with van der Waals surface area (Å²) in [5, 5.41) is 0. The van der Waals surface area contributed by atoms with Crippen LogP contribution in [-0.2, 0) is 16.1 Å². The Hall–Kier alpha value is -1.17. The van der Waals surface area contributed by atoms with E-state index in [9.17, 15) is 9.59 Å². The lowest BCUT2D eigenvalue weighted by atomic mass is 10.4. The number of hydrogen-bond donors (Lipinski definition) is 0. The first-order valence-corrected chi connectivity index (χ1v) is 5.62. The predicted octanol–water partition coefficient (Wildman–Crippen LogP) is 1.27. The molecule has 6 heteroatoms. The van der Waals surface area contributed by atoms with Crippen molar-refractivity contribution in [2.45, 2.75) is 33.4 Å². The fourth-order valence-corrected chi connectivity index (χ4v) is 1.43. The van der Waals surface area contributed by atoms with Crippen molar-refractivity contribution in [3.63, 3.8) is 0 Å². The first-order valence-electron chi connectivity index (χ1n) is 4.83. The maximum absolute atomic E-state index is 11.7. The minimum atomic E-state index is -0.449. The molecule has 0 saturated heterocycles. The van der Waals surface area contributed by atoms with Gasteiger partial charge < -0.3 is 4.74 Å². The molecule has 0 unspecified atom stereocenters. The first kappa shape index (κ1) is 12.9. The van der Waals surface area contributed by atoms with Gasteiger partial charge in [0.1, 0.15) is 11.0 Å². The third-order valence-corrected chi connectivity index (χ3v) is 2.74. The highest BCUT2D eigenvalue weighted by molar-refractivity contribution is 9.10. The van der Waals surface area contributed by atoms with Crippen LogP contribution in [0, 0.1) is 6.92 Å². The zero-order valence-electron chi connectivity index (χ0n) is 9.36. The van der Waals surface area contributed by atoms with Crippen LogP contribution in [0.3, 0.4) is 0 Å². The van der Waals surface area contributed by atoms with Crippen LogP contribution in [0.2, 0.25) is 0 Å². The Morgan fingerprint density at radius 2 is 2.25 bits per heavy atom. The van der Waals surface area contributed by atoms with Crippen LogP contribution in [0.25, 0.3) is 0 Å². The topological polar surface area (TPSA) is 61.2 Å². The highest BCUT2D eigenvalue weighted by atomic mass is 79.9. The minimum Gasteiger partial charge on any atom is -0.462 e. The maximum atomic E-state index is 11.7. The van der Waals surface area contributed by atoms with Gasteiger partial charge in [0, 0.05) is 0 Å². The second-order valence-electron chi connectivity index (χ2n) is 3.62. The minimum absolute atomic E-state index is 0.122. The number of carbonyl (C=O) groups is 1. The third kappa shape index (κ3) is 3.16. The summed E-state index contributed by atoms with van der Waals surface area (Å²) in [7, 11) is 0. The molecule has 0 fully saturated rings. The summed E-state index contributed by atoms with van der Waals surface area (Å²) in [6, 6.07) is 0. The first-order chi connectivity index (χ1) is 7.41. The molecule has 0 aliphatic carbocycles. The largest absolute Gasteiger partial charge is 0.462 e. The molecule has 88 valence electrons. The zero-order chi connectivity index (χ0) is 12.3. The van der Waals surface area contributed by atoms with Crippen molar-refractivity contribution in [2.75, 3.05) is 0 Å². The molecule has 0 aromatic carbocycles. The third-order valence-electron chi connectivity index (χ3n) is 1.82. The lowest BCUT2D eigenvalue weighted by Gasteiger charge is -2.09. The molecule has 1 aromatic rings. The summed E-state index contributed by atoms with van der Waals surface area (Å²) in [5.41, 5.74) is 0.312. The highest BCUT2D eigenvalue weighted by Gasteiger charge is 2.10. The number of esters is 1. The lowest BCUT2D eigenvalue weighted by Crippen LogP contribution is -2.27. The van der Waals surface area contributed by atoms with Gasteiger partial charge in [-0.3, -0.25) is 14.2 Å². The van der Waals surface area contributed by atoms with E-state index < -0.39 is 5.97 Å². The van der Waals surface area contributed by atoms with E-state index in [1.807, 2.05) is 0 Å². The number of nitrogens with zero attached hydrogens (tertiary/aromatic N) is 2. The van der Waals surface area contributed by atoms with Gasteiger partial charge in [0.15, 0.2) is 0 Å². The Labute approximate surface area is 102 Å². The van der Waals surface area contributed by atoms with Crippen LogP contribution in [-0.4, -0.2) is 21.6 Å². The second kappa shape index (κ2) is 5.25. The van der Waals surface area contributed by atoms with Gasteiger partial charge in [-0.15, -0.1) is 0 Å². The number of carbonyl (C=O) groups excluding carboxylic acids is 1. The molecule has 0 bridgehead atoms. The van der Waals surface area contributed by atoms with E-state index in [0.29, 0.717) is 10.2 Å². The Kier molecular flexibility index (Phi) is 4.23. The van der Waals surface area contributed by atoms with Crippen LogP contribution < -0.4 is 5.56 Å². The average molecular weight is 289 g/mol. The molecule has 0 spiro atoms. The molecule has 1 aromatic heterocycles. The monoisotopic (exact) mass is 288 g/mol. The van der Waals surface area contributed by atoms with Crippen LogP contribution in [0.4, 0.5) is 0 Å². The molecular weight excluding hydrogens is 276 g/mol.